The van der Waals surface area contributed by atoms with Gasteiger partial charge in [0.2, 0.25) is 11.6 Å². The molecule has 166 valence electrons. The summed E-state index contributed by atoms with van der Waals surface area (Å²) in [6.45, 7) is 1.16. The third-order valence-electron chi connectivity index (χ3n) is 5.62. The molecule has 3 heterocycles. The molecule has 0 bridgehead atoms. The molecule has 0 saturated carbocycles. The van der Waals surface area contributed by atoms with Gasteiger partial charge in [0.25, 0.3) is 16.8 Å². The first kappa shape index (κ1) is 20.3. The minimum atomic E-state index is -1.35. The predicted molar refractivity (Wildman–Crippen MR) is 116 cm³/mol. The maximum atomic E-state index is 12.7. The number of aromatic nitrogens is 4. The number of carbonyl (C=O) groups is 2. The molecule has 5 rings (SSSR count). The molecule has 12 nitrogen and oxygen atoms in total. The van der Waals surface area contributed by atoms with Gasteiger partial charge in [-0.2, -0.15) is 14.6 Å². The summed E-state index contributed by atoms with van der Waals surface area (Å²) in [5.41, 5.74) is 7.83. The Hall–Kier alpha value is -4.61. The fourth-order valence-electron chi connectivity index (χ4n) is 3.95. The molecule has 0 radical (unpaired) electrons. The summed E-state index contributed by atoms with van der Waals surface area (Å²) in [4.78, 5) is 56.8. The lowest BCUT2D eigenvalue weighted by Gasteiger charge is -2.32. The van der Waals surface area contributed by atoms with Crippen molar-refractivity contribution in [1.82, 2.24) is 24.9 Å². The van der Waals surface area contributed by atoms with Gasteiger partial charge in [0, 0.05) is 25.7 Å². The van der Waals surface area contributed by atoms with Crippen LogP contribution < -0.4 is 26.8 Å². The lowest BCUT2D eigenvalue weighted by atomic mass is 9.96. The Kier molecular flexibility index (Phi) is 4.62. The number of benzene rings is 1. The van der Waals surface area contributed by atoms with Crippen LogP contribution in [0, 0.1) is 0 Å². The Balaban J connectivity index is 1.34. The molecule has 0 spiro atoms. The number of rotatable bonds is 5. The second kappa shape index (κ2) is 7.51. The smallest absolute Gasteiger partial charge is 0.374 e. The van der Waals surface area contributed by atoms with Crippen molar-refractivity contribution in [1.29, 1.82) is 0 Å². The molecule has 12 heteroatoms. The molecule has 1 aliphatic rings. The van der Waals surface area contributed by atoms with Gasteiger partial charge in [-0.15, -0.1) is 0 Å². The molecular formula is C21H17N7O5. The van der Waals surface area contributed by atoms with Crippen LogP contribution in [-0.2, 0) is 19.5 Å². The molecule has 0 saturated heterocycles. The van der Waals surface area contributed by atoms with Crippen LogP contribution in [0.4, 0.5) is 11.4 Å². The van der Waals surface area contributed by atoms with E-state index >= 15 is 0 Å². The van der Waals surface area contributed by atoms with E-state index in [1.807, 2.05) is 18.2 Å². The van der Waals surface area contributed by atoms with Crippen LogP contribution in [0.3, 0.4) is 0 Å². The molecular weight excluding hydrogens is 430 g/mol. The monoisotopic (exact) mass is 447 g/mol. The van der Waals surface area contributed by atoms with Crippen molar-refractivity contribution in [3.05, 3.63) is 79.2 Å². The largest absolute Gasteiger partial charge is 0.475 e. The van der Waals surface area contributed by atoms with E-state index < -0.39 is 28.6 Å². The van der Waals surface area contributed by atoms with Crippen molar-refractivity contribution < 1.29 is 14.7 Å². The number of amides is 1. The Morgan fingerprint density at radius 1 is 1.12 bits per heavy atom. The third kappa shape index (κ3) is 3.37. The topological polar surface area (TPSA) is 173 Å². The number of carbonyl (C=O) groups excluding carboxylic acids is 1. The van der Waals surface area contributed by atoms with Gasteiger partial charge in [-0.3, -0.25) is 14.4 Å². The highest BCUT2D eigenvalue weighted by molar-refractivity contribution is 5.92. The Bertz CT molecular complexity index is 1520. The highest BCUT2D eigenvalue weighted by Crippen LogP contribution is 2.26. The lowest BCUT2D eigenvalue weighted by molar-refractivity contribution is 0.0683. The summed E-state index contributed by atoms with van der Waals surface area (Å²) >= 11 is 0. The van der Waals surface area contributed by atoms with Crippen LogP contribution in [-0.4, -0.2) is 43.1 Å². The summed E-state index contributed by atoms with van der Waals surface area (Å²) in [6.07, 6.45) is 2.08. The van der Waals surface area contributed by atoms with Gasteiger partial charge in [0.05, 0.1) is 6.20 Å². The number of nitrogen functional groups attached to an aromatic ring is 1. The molecule has 4 aromatic rings. The van der Waals surface area contributed by atoms with Crippen molar-refractivity contribution >= 4 is 28.9 Å². The normalized spacial score (nSPS) is 13.3. The zero-order valence-electron chi connectivity index (χ0n) is 17.1. The van der Waals surface area contributed by atoms with Crippen molar-refractivity contribution in [2.24, 2.45) is 0 Å². The van der Waals surface area contributed by atoms with Gasteiger partial charge in [-0.1, -0.05) is 18.2 Å². The van der Waals surface area contributed by atoms with Crippen LogP contribution in [0.15, 0.2) is 40.1 Å². The van der Waals surface area contributed by atoms with Crippen LogP contribution >= 0.6 is 0 Å². The van der Waals surface area contributed by atoms with E-state index in [-0.39, 0.29) is 29.4 Å². The average Bonchev–Trinajstić information content (AvgIpc) is 3.30. The second-order valence-electron chi connectivity index (χ2n) is 7.66. The first-order valence-corrected chi connectivity index (χ1v) is 10.0. The molecule has 2 aromatic heterocycles. The van der Waals surface area contributed by atoms with Gasteiger partial charge < -0.3 is 21.1 Å². The highest BCUT2D eigenvalue weighted by atomic mass is 16.4. The number of anilines is 2. The zero-order valence-corrected chi connectivity index (χ0v) is 17.1. The highest BCUT2D eigenvalue weighted by Gasteiger charge is 2.27. The predicted octanol–water partition coefficient (Wildman–Crippen LogP) is -0.507. The molecule has 4 N–H and O–H groups in total. The summed E-state index contributed by atoms with van der Waals surface area (Å²) in [5.74, 6) is -2.65. The van der Waals surface area contributed by atoms with E-state index in [1.54, 1.807) is 4.90 Å². The Labute approximate surface area is 185 Å². The molecule has 1 aliphatic heterocycles. The minimum Gasteiger partial charge on any atom is -0.475 e. The molecule has 0 aliphatic carbocycles. The number of nitrogens with one attached hydrogen (secondary N) is 1. The van der Waals surface area contributed by atoms with Crippen LogP contribution in [0.25, 0.3) is 5.65 Å². The number of carboxylic acids is 1. The van der Waals surface area contributed by atoms with E-state index in [1.165, 1.54) is 16.8 Å². The van der Waals surface area contributed by atoms with E-state index in [2.05, 4.69) is 20.4 Å². The van der Waals surface area contributed by atoms with Crippen molar-refractivity contribution in [2.45, 2.75) is 19.5 Å². The first-order valence-electron chi connectivity index (χ1n) is 10.0. The SMILES string of the molecule is Nc1c(N2CCc3ccc(CNC(=O)c4nc(C(=O)O)nc5ccnn45)cc3C2)c(=O)c1=O. The van der Waals surface area contributed by atoms with Crippen LogP contribution in [0.5, 0.6) is 0 Å². The zero-order chi connectivity index (χ0) is 23.3. The molecule has 1 amide bonds. The number of nitrogens with two attached hydrogens (primary N) is 1. The Morgan fingerprint density at radius 3 is 2.70 bits per heavy atom. The maximum Gasteiger partial charge on any atom is 0.374 e. The van der Waals surface area contributed by atoms with Gasteiger partial charge in [-0.05, 0) is 23.1 Å². The summed E-state index contributed by atoms with van der Waals surface area (Å²) in [5, 5.41) is 15.9. The van der Waals surface area contributed by atoms with Gasteiger partial charge in [0.15, 0.2) is 5.65 Å². The van der Waals surface area contributed by atoms with Gasteiger partial charge in [-0.25, -0.2) is 9.78 Å². The van der Waals surface area contributed by atoms with Gasteiger partial charge >= 0.3 is 5.97 Å². The number of aromatic carboxylic acids is 1. The fourth-order valence-corrected chi connectivity index (χ4v) is 3.95. The van der Waals surface area contributed by atoms with Gasteiger partial charge in [0.1, 0.15) is 11.4 Å². The maximum absolute atomic E-state index is 12.7. The number of hydrogen-bond acceptors (Lipinski definition) is 9. The van der Waals surface area contributed by atoms with E-state index in [0.29, 0.717) is 19.5 Å². The minimum absolute atomic E-state index is 0.00221. The summed E-state index contributed by atoms with van der Waals surface area (Å²) < 4.78 is 1.17. The summed E-state index contributed by atoms with van der Waals surface area (Å²) in [6, 6.07) is 7.23. The molecule has 33 heavy (non-hydrogen) atoms. The van der Waals surface area contributed by atoms with Crippen LogP contribution in [0.1, 0.15) is 37.9 Å². The average molecular weight is 447 g/mol. The summed E-state index contributed by atoms with van der Waals surface area (Å²) in [7, 11) is 0. The standard InChI is InChI=1S/C21H17N7O5/c22-14-15(17(30)16(14)29)27-6-4-11-2-1-10(7-12(11)9-27)8-23-20(31)19-26-18(21(32)33)25-13-3-5-24-28(13)19/h1-3,5,7H,4,6,8-9,22H2,(H,23,31)(H,32,33). The molecule has 2 aromatic carbocycles. The number of fused-ring (bicyclic) bond motifs is 2. The lowest BCUT2D eigenvalue weighted by Crippen LogP contribution is -2.44. The second-order valence-corrected chi connectivity index (χ2v) is 7.66. The molecule has 0 atom stereocenters. The Morgan fingerprint density at radius 2 is 1.94 bits per heavy atom. The van der Waals surface area contributed by atoms with E-state index in [9.17, 15) is 24.3 Å². The number of nitrogens with zero attached hydrogens (tertiary/aromatic N) is 5. The van der Waals surface area contributed by atoms with Crippen LogP contribution in [0.2, 0.25) is 0 Å². The number of carboxylic acid groups (broad SMARTS) is 1. The van der Waals surface area contributed by atoms with Crippen molar-refractivity contribution in [3.63, 3.8) is 0 Å². The first-order chi connectivity index (χ1) is 15.8. The molecule has 0 unspecified atom stereocenters. The molecule has 0 fully saturated rings. The van der Waals surface area contributed by atoms with E-state index in [4.69, 9.17) is 5.73 Å². The van der Waals surface area contributed by atoms with Crippen molar-refractivity contribution in [2.75, 3.05) is 17.2 Å². The number of hydrogen-bond donors (Lipinski definition) is 3. The fraction of sp³-hybridized carbons (Fsp3) is 0.190. The third-order valence-corrected chi connectivity index (χ3v) is 5.62. The van der Waals surface area contributed by atoms with Crippen molar-refractivity contribution in [3.8, 4) is 0 Å². The van der Waals surface area contributed by atoms with E-state index in [0.717, 1.165) is 16.7 Å². The quantitative estimate of drug-likeness (QED) is 0.338.